The largest absolute Gasteiger partial charge is 0.399 e. The second kappa shape index (κ2) is 4.83. The molecule has 20 heavy (non-hydrogen) atoms. The van der Waals surface area contributed by atoms with Crippen molar-refractivity contribution < 1.29 is 9.90 Å². The highest BCUT2D eigenvalue weighted by Gasteiger charge is 2.28. The van der Waals surface area contributed by atoms with E-state index in [-0.39, 0.29) is 11.8 Å². The van der Waals surface area contributed by atoms with Crippen LogP contribution in [-0.4, -0.2) is 40.1 Å². The summed E-state index contributed by atoms with van der Waals surface area (Å²) in [4.78, 5) is 17.4. The van der Waals surface area contributed by atoms with E-state index in [0.29, 0.717) is 24.3 Å². The number of aliphatic hydroxyl groups excluding tert-OH is 1. The maximum absolute atomic E-state index is 12.6. The minimum absolute atomic E-state index is 0.0352. The van der Waals surface area contributed by atoms with Gasteiger partial charge >= 0.3 is 0 Å². The molecular formula is C15H19N3O2. The molecule has 2 atom stereocenters. The van der Waals surface area contributed by atoms with Crippen LogP contribution in [0.3, 0.4) is 0 Å². The molecule has 0 aliphatic carbocycles. The number of rotatable bonds is 1. The fraction of sp³-hybridized carbons (Fsp3) is 0.400. The smallest absolute Gasteiger partial charge is 0.256 e. The summed E-state index contributed by atoms with van der Waals surface area (Å²) in [6.45, 7) is 3.11. The molecule has 1 aliphatic rings. The molecule has 3 rings (SSSR count). The second-order valence-electron chi connectivity index (χ2n) is 5.59. The molecular weight excluding hydrogens is 254 g/mol. The number of anilines is 1. The molecule has 2 unspecified atom stereocenters. The lowest BCUT2D eigenvalue weighted by Crippen LogP contribution is -2.45. The molecule has 2 aromatic rings. The summed E-state index contributed by atoms with van der Waals surface area (Å²) in [5.74, 6) is 0.216. The highest BCUT2D eigenvalue weighted by atomic mass is 16.3. The molecule has 1 saturated heterocycles. The monoisotopic (exact) mass is 273 g/mol. The molecule has 106 valence electrons. The highest BCUT2D eigenvalue weighted by molar-refractivity contribution is 6.07. The van der Waals surface area contributed by atoms with Gasteiger partial charge in [-0.3, -0.25) is 4.79 Å². The SMILES string of the molecule is CC1CCN(C(=O)c2c[nH]c3cc(N)ccc23)CC1O. The Morgan fingerprint density at radius 2 is 2.30 bits per heavy atom. The zero-order chi connectivity index (χ0) is 14.3. The Kier molecular flexibility index (Phi) is 3.14. The number of aromatic amines is 1. The Morgan fingerprint density at radius 1 is 1.50 bits per heavy atom. The molecule has 1 amide bonds. The van der Waals surface area contributed by atoms with Crippen molar-refractivity contribution in [3.63, 3.8) is 0 Å². The van der Waals surface area contributed by atoms with Crippen molar-refractivity contribution in [1.29, 1.82) is 0 Å². The number of carbonyl (C=O) groups excluding carboxylic acids is 1. The molecule has 0 bridgehead atoms. The van der Waals surface area contributed by atoms with Gasteiger partial charge in [-0.25, -0.2) is 0 Å². The van der Waals surface area contributed by atoms with Crippen molar-refractivity contribution in [3.8, 4) is 0 Å². The lowest BCUT2D eigenvalue weighted by atomic mass is 9.95. The summed E-state index contributed by atoms with van der Waals surface area (Å²) < 4.78 is 0. The van der Waals surface area contributed by atoms with Crippen molar-refractivity contribution in [1.82, 2.24) is 9.88 Å². The molecule has 1 fully saturated rings. The Morgan fingerprint density at radius 3 is 3.05 bits per heavy atom. The second-order valence-corrected chi connectivity index (χ2v) is 5.59. The van der Waals surface area contributed by atoms with Crippen LogP contribution in [0.25, 0.3) is 10.9 Å². The van der Waals surface area contributed by atoms with Gasteiger partial charge in [-0.15, -0.1) is 0 Å². The summed E-state index contributed by atoms with van der Waals surface area (Å²) in [6.07, 6.45) is 2.12. The first-order valence-electron chi connectivity index (χ1n) is 6.90. The van der Waals surface area contributed by atoms with Crippen LogP contribution in [-0.2, 0) is 0 Å². The quantitative estimate of drug-likeness (QED) is 0.690. The third-order valence-electron chi connectivity index (χ3n) is 4.14. The number of fused-ring (bicyclic) bond motifs is 1. The summed E-state index contributed by atoms with van der Waals surface area (Å²) >= 11 is 0. The van der Waals surface area contributed by atoms with Crippen molar-refractivity contribution in [3.05, 3.63) is 30.0 Å². The fourth-order valence-electron chi connectivity index (χ4n) is 2.72. The van der Waals surface area contributed by atoms with E-state index in [9.17, 15) is 9.90 Å². The van der Waals surface area contributed by atoms with Crippen molar-refractivity contribution in [2.75, 3.05) is 18.8 Å². The number of β-amino-alcohol motifs (C(OH)–C–C–N with tert-alkyl or cyclic N) is 1. The number of nitrogen functional groups attached to an aromatic ring is 1. The number of nitrogens with zero attached hydrogens (tertiary/aromatic N) is 1. The average Bonchev–Trinajstić information content (AvgIpc) is 2.84. The summed E-state index contributed by atoms with van der Waals surface area (Å²) in [5, 5.41) is 10.8. The summed E-state index contributed by atoms with van der Waals surface area (Å²) in [5.41, 5.74) is 7.91. The zero-order valence-electron chi connectivity index (χ0n) is 11.5. The number of piperidine rings is 1. The van der Waals surface area contributed by atoms with Crippen LogP contribution in [0.5, 0.6) is 0 Å². The molecule has 1 aromatic heterocycles. The highest BCUT2D eigenvalue weighted by Crippen LogP contribution is 2.24. The van der Waals surface area contributed by atoms with Gasteiger partial charge < -0.3 is 20.7 Å². The first kappa shape index (κ1) is 13.0. The lowest BCUT2D eigenvalue weighted by molar-refractivity contribution is 0.0250. The van der Waals surface area contributed by atoms with E-state index in [4.69, 9.17) is 5.73 Å². The van der Waals surface area contributed by atoms with E-state index >= 15 is 0 Å². The van der Waals surface area contributed by atoms with E-state index in [2.05, 4.69) is 4.98 Å². The average molecular weight is 273 g/mol. The molecule has 0 spiro atoms. The number of nitrogens with one attached hydrogen (secondary N) is 1. The van der Waals surface area contributed by atoms with Crippen LogP contribution in [0.15, 0.2) is 24.4 Å². The van der Waals surface area contributed by atoms with Gasteiger partial charge in [0.25, 0.3) is 5.91 Å². The van der Waals surface area contributed by atoms with Crippen LogP contribution < -0.4 is 5.73 Å². The summed E-state index contributed by atoms with van der Waals surface area (Å²) in [7, 11) is 0. The topological polar surface area (TPSA) is 82.4 Å². The van der Waals surface area contributed by atoms with Crippen molar-refractivity contribution in [2.24, 2.45) is 5.92 Å². The van der Waals surface area contributed by atoms with Gasteiger partial charge in [-0.2, -0.15) is 0 Å². The van der Waals surface area contributed by atoms with Crippen LogP contribution in [0.2, 0.25) is 0 Å². The Bertz CT molecular complexity index is 650. The van der Waals surface area contributed by atoms with Crippen molar-refractivity contribution in [2.45, 2.75) is 19.4 Å². The first-order chi connectivity index (χ1) is 9.56. The lowest BCUT2D eigenvalue weighted by Gasteiger charge is -2.34. The molecule has 4 N–H and O–H groups in total. The number of carbonyl (C=O) groups is 1. The normalized spacial score (nSPS) is 23.2. The van der Waals surface area contributed by atoms with Gasteiger partial charge in [0, 0.05) is 35.9 Å². The summed E-state index contributed by atoms with van der Waals surface area (Å²) in [6, 6.07) is 5.47. The van der Waals surface area contributed by atoms with E-state index in [1.165, 1.54) is 0 Å². The molecule has 5 nitrogen and oxygen atoms in total. The standard InChI is InChI=1S/C15H19N3O2/c1-9-4-5-18(8-14(9)19)15(20)12-7-17-13-6-10(16)2-3-11(12)13/h2-3,6-7,9,14,17,19H,4-5,8,16H2,1H3. The van der Waals surface area contributed by atoms with E-state index in [0.717, 1.165) is 17.3 Å². The number of aromatic nitrogens is 1. The fourth-order valence-corrected chi connectivity index (χ4v) is 2.72. The van der Waals surface area contributed by atoms with Crippen LogP contribution >= 0.6 is 0 Å². The molecule has 1 aliphatic heterocycles. The Hall–Kier alpha value is -2.01. The van der Waals surface area contributed by atoms with Crippen LogP contribution in [0, 0.1) is 5.92 Å². The van der Waals surface area contributed by atoms with Crippen LogP contribution in [0.1, 0.15) is 23.7 Å². The third kappa shape index (κ3) is 2.14. The molecule has 1 aromatic carbocycles. The minimum atomic E-state index is -0.437. The maximum Gasteiger partial charge on any atom is 0.256 e. The number of likely N-dealkylation sites (tertiary alicyclic amines) is 1. The van der Waals surface area contributed by atoms with Gasteiger partial charge in [-0.05, 0) is 30.5 Å². The molecule has 2 heterocycles. The maximum atomic E-state index is 12.6. The van der Waals surface area contributed by atoms with Crippen LogP contribution in [0.4, 0.5) is 5.69 Å². The number of hydrogen-bond donors (Lipinski definition) is 3. The predicted octanol–water partition coefficient (Wildman–Crippen LogP) is 1.59. The Labute approximate surface area is 117 Å². The molecule has 0 saturated carbocycles. The third-order valence-corrected chi connectivity index (χ3v) is 4.14. The number of H-pyrrole nitrogens is 1. The zero-order valence-corrected chi connectivity index (χ0v) is 11.5. The van der Waals surface area contributed by atoms with E-state index in [1.54, 1.807) is 17.2 Å². The number of hydrogen-bond acceptors (Lipinski definition) is 3. The van der Waals surface area contributed by atoms with Gasteiger partial charge in [0.05, 0.1) is 11.7 Å². The number of benzene rings is 1. The number of amides is 1. The minimum Gasteiger partial charge on any atom is -0.399 e. The van der Waals surface area contributed by atoms with Gasteiger partial charge in [0.1, 0.15) is 0 Å². The van der Waals surface area contributed by atoms with Crippen molar-refractivity contribution >= 4 is 22.5 Å². The van der Waals surface area contributed by atoms with E-state index in [1.807, 2.05) is 19.1 Å². The Balaban J connectivity index is 1.89. The van der Waals surface area contributed by atoms with Gasteiger partial charge in [-0.1, -0.05) is 6.92 Å². The van der Waals surface area contributed by atoms with E-state index < -0.39 is 6.10 Å². The first-order valence-corrected chi connectivity index (χ1v) is 6.90. The number of aliphatic hydroxyl groups is 1. The van der Waals surface area contributed by atoms with Gasteiger partial charge in [0.2, 0.25) is 0 Å². The molecule has 5 heteroatoms. The van der Waals surface area contributed by atoms with Gasteiger partial charge in [0.15, 0.2) is 0 Å². The molecule has 0 radical (unpaired) electrons. The number of nitrogens with two attached hydrogens (primary N) is 1. The predicted molar refractivity (Wildman–Crippen MR) is 78.4 cm³/mol.